The van der Waals surface area contributed by atoms with Crippen LogP contribution in [-0.2, 0) is 11.2 Å². The summed E-state index contributed by atoms with van der Waals surface area (Å²) in [6, 6.07) is 19.0. The van der Waals surface area contributed by atoms with Gasteiger partial charge in [0, 0.05) is 5.92 Å². The molecule has 0 amide bonds. The Morgan fingerprint density at radius 2 is 1.73 bits per heavy atom. The van der Waals surface area contributed by atoms with E-state index in [0.717, 1.165) is 6.42 Å². The number of hydrogen-bond acceptors (Lipinski definition) is 4. The van der Waals surface area contributed by atoms with Crippen LogP contribution in [0.25, 0.3) is 0 Å². The number of aliphatic imine (C=N–C) groups is 1. The van der Waals surface area contributed by atoms with Gasteiger partial charge in [-0.1, -0.05) is 48.5 Å². The van der Waals surface area contributed by atoms with Crippen molar-refractivity contribution in [2.45, 2.75) is 6.42 Å². The number of carbonyl (C=O) groups is 1. The lowest BCUT2D eigenvalue weighted by Crippen LogP contribution is -2.19. The first kappa shape index (κ1) is 16.1. The number of rotatable bonds is 7. The fraction of sp³-hybridized carbons (Fsp3) is 0.222. The van der Waals surface area contributed by atoms with Gasteiger partial charge >= 0.3 is 5.97 Å². The van der Waals surface area contributed by atoms with E-state index in [1.807, 2.05) is 48.5 Å². The molecule has 0 fully saturated rings. The Bertz CT molecular complexity index is 637. The zero-order valence-electron chi connectivity index (χ0n) is 12.1. The van der Waals surface area contributed by atoms with Crippen molar-refractivity contribution >= 4 is 23.3 Å². The van der Waals surface area contributed by atoms with Crippen LogP contribution in [0.3, 0.4) is 0 Å². The summed E-state index contributed by atoms with van der Waals surface area (Å²) in [6.45, 7) is 0.809. The van der Waals surface area contributed by atoms with Gasteiger partial charge in [0.2, 0.25) is 0 Å². The Balaban J connectivity index is 1.95. The highest BCUT2D eigenvalue weighted by molar-refractivity contribution is 7.78. The van der Waals surface area contributed by atoms with Crippen molar-refractivity contribution in [3.8, 4) is 0 Å². The molecule has 1 unspecified atom stereocenters. The quantitative estimate of drug-likeness (QED) is 0.443. The Hall–Kier alpha value is -2.29. The van der Waals surface area contributed by atoms with Crippen LogP contribution < -0.4 is 0 Å². The maximum absolute atomic E-state index is 12.0. The molecule has 0 spiro atoms. The van der Waals surface area contributed by atoms with Crippen LogP contribution in [0.5, 0.6) is 0 Å². The maximum Gasteiger partial charge on any atom is 0.338 e. The number of esters is 1. The minimum absolute atomic E-state index is 0.0884. The van der Waals surface area contributed by atoms with Gasteiger partial charge in [-0.3, -0.25) is 0 Å². The van der Waals surface area contributed by atoms with Crippen molar-refractivity contribution in [2.75, 3.05) is 13.2 Å². The van der Waals surface area contributed by atoms with Crippen molar-refractivity contribution in [1.29, 1.82) is 0 Å². The molecule has 0 aliphatic heterocycles. The lowest BCUT2D eigenvalue weighted by molar-refractivity contribution is 0.0444. The second-order valence-corrected chi connectivity index (χ2v) is 5.13. The summed E-state index contributed by atoms with van der Waals surface area (Å²) in [6.07, 6.45) is 0.781. The van der Waals surface area contributed by atoms with E-state index in [1.165, 1.54) is 5.56 Å². The third-order valence-electron chi connectivity index (χ3n) is 3.24. The molecule has 0 aliphatic carbocycles. The molecule has 0 saturated carbocycles. The summed E-state index contributed by atoms with van der Waals surface area (Å²) in [5.74, 6) is -0.226. The summed E-state index contributed by atoms with van der Waals surface area (Å²) in [5.41, 5.74) is 1.74. The first-order chi connectivity index (χ1) is 10.8. The lowest BCUT2D eigenvalue weighted by atomic mass is 10.0. The van der Waals surface area contributed by atoms with Gasteiger partial charge in [-0.25, -0.2) is 9.79 Å². The van der Waals surface area contributed by atoms with Crippen molar-refractivity contribution in [3.63, 3.8) is 0 Å². The maximum atomic E-state index is 12.0. The van der Waals surface area contributed by atoms with E-state index in [1.54, 1.807) is 12.1 Å². The van der Waals surface area contributed by atoms with E-state index in [9.17, 15) is 4.79 Å². The SMILES string of the molecule is O=C(OCC(CN=C=S)Cc1ccccc1)c1ccccc1. The minimum Gasteiger partial charge on any atom is -0.462 e. The van der Waals surface area contributed by atoms with Crippen molar-refractivity contribution in [1.82, 2.24) is 0 Å². The van der Waals surface area contributed by atoms with E-state index in [0.29, 0.717) is 18.7 Å². The van der Waals surface area contributed by atoms with Gasteiger partial charge in [-0.15, -0.1) is 0 Å². The van der Waals surface area contributed by atoms with Gasteiger partial charge < -0.3 is 4.74 Å². The molecule has 0 aliphatic rings. The number of thiocarbonyl (C=S) groups is 1. The number of nitrogens with zero attached hydrogens (tertiary/aromatic N) is 1. The van der Waals surface area contributed by atoms with Crippen LogP contribution in [0.2, 0.25) is 0 Å². The molecule has 2 aromatic carbocycles. The molecule has 0 radical (unpaired) electrons. The lowest BCUT2D eigenvalue weighted by Gasteiger charge is -2.14. The first-order valence-corrected chi connectivity index (χ1v) is 7.50. The van der Waals surface area contributed by atoms with Gasteiger partial charge in [-0.2, -0.15) is 0 Å². The third-order valence-corrected chi connectivity index (χ3v) is 3.37. The molecular weight excluding hydrogens is 294 g/mol. The van der Waals surface area contributed by atoms with Gasteiger partial charge in [-0.05, 0) is 36.3 Å². The molecule has 0 aromatic heterocycles. The molecule has 0 heterocycles. The molecule has 0 saturated heterocycles. The second-order valence-electron chi connectivity index (χ2n) is 4.95. The monoisotopic (exact) mass is 311 g/mol. The summed E-state index contributed by atoms with van der Waals surface area (Å²) in [7, 11) is 0. The highest BCUT2D eigenvalue weighted by Crippen LogP contribution is 2.11. The highest BCUT2D eigenvalue weighted by Gasteiger charge is 2.13. The Labute approximate surface area is 135 Å². The molecule has 2 rings (SSSR count). The molecule has 0 N–H and O–H groups in total. The van der Waals surface area contributed by atoms with Gasteiger partial charge in [0.1, 0.15) is 0 Å². The highest BCUT2D eigenvalue weighted by atomic mass is 32.1. The van der Waals surface area contributed by atoms with E-state index in [-0.39, 0.29) is 11.9 Å². The van der Waals surface area contributed by atoms with Gasteiger partial charge in [0.25, 0.3) is 0 Å². The van der Waals surface area contributed by atoms with Crippen LogP contribution in [0, 0.1) is 5.92 Å². The standard InChI is InChI=1S/C18H17NO2S/c20-18(17-9-5-2-6-10-17)21-13-16(12-19-14-22)11-15-7-3-1-4-8-15/h1-10,16H,11-13H2. The molecule has 1 atom stereocenters. The predicted molar refractivity (Wildman–Crippen MR) is 90.3 cm³/mol. The van der Waals surface area contributed by atoms with E-state index >= 15 is 0 Å². The molecule has 0 bridgehead atoms. The van der Waals surface area contributed by atoms with Crippen molar-refractivity contribution in [2.24, 2.45) is 10.9 Å². The molecule has 2 aromatic rings. The fourth-order valence-corrected chi connectivity index (χ4v) is 2.22. The number of hydrogen-bond donors (Lipinski definition) is 0. The number of carbonyl (C=O) groups excluding carboxylic acids is 1. The summed E-state index contributed by atoms with van der Waals surface area (Å²) >= 11 is 4.62. The van der Waals surface area contributed by atoms with E-state index in [4.69, 9.17) is 4.74 Å². The fourth-order valence-electron chi connectivity index (χ4n) is 2.14. The summed E-state index contributed by atoms with van der Waals surface area (Å²) in [4.78, 5) is 16.0. The summed E-state index contributed by atoms with van der Waals surface area (Å²) in [5, 5.41) is 2.37. The first-order valence-electron chi connectivity index (χ1n) is 7.09. The van der Waals surface area contributed by atoms with Gasteiger partial charge in [0.15, 0.2) is 0 Å². The topological polar surface area (TPSA) is 38.7 Å². The second kappa shape index (κ2) is 8.88. The summed E-state index contributed by atoms with van der Waals surface area (Å²) < 4.78 is 5.40. The normalized spacial score (nSPS) is 11.3. The van der Waals surface area contributed by atoms with Crippen molar-refractivity contribution in [3.05, 3.63) is 71.8 Å². The number of isothiocyanates is 1. The van der Waals surface area contributed by atoms with Crippen molar-refractivity contribution < 1.29 is 9.53 Å². The third kappa shape index (κ3) is 5.24. The van der Waals surface area contributed by atoms with Crippen LogP contribution in [-0.4, -0.2) is 24.3 Å². The van der Waals surface area contributed by atoms with Crippen LogP contribution in [0.4, 0.5) is 0 Å². The minimum atomic E-state index is -0.315. The predicted octanol–water partition coefficient (Wildman–Crippen LogP) is 3.81. The smallest absolute Gasteiger partial charge is 0.338 e. The largest absolute Gasteiger partial charge is 0.462 e. The van der Waals surface area contributed by atoms with Crippen LogP contribution in [0.15, 0.2) is 65.7 Å². The molecule has 22 heavy (non-hydrogen) atoms. The zero-order valence-corrected chi connectivity index (χ0v) is 13.0. The Morgan fingerprint density at radius 1 is 1.09 bits per heavy atom. The van der Waals surface area contributed by atoms with Gasteiger partial charge in [0.05, 0.1) is 23.9 Å². The average Bonchev–Trinajstić information content (AvgIpc) is 2.58. The number of benzene rings is 2. The van der Waals surface area contributed by atoms with Crippen LogP contribution in [0.1, 0.15) is 15.9 Å². The van der Waals surface area contributed by atoms with E-state index < -0.39 is 0 Å². The Kier molecular flexibility index (Phi) is 6.49. The zero-order chi connectivity index (χ0) is 15.6. The van der Waals surface area contributed by atoms with Crippen LogP contribution >= 0.6 is 12.2 Å². The molecule has 112 valence electrons. The number of ether oxygens (including phenoxy) is 1. The molecular formula is C18H17NO2S. The molecule has 4 heteroatoms. The Morgan fingerprint density at radius 3 is 2.36 bits per heavy atom. The van der Waals surface area contributed by atoms with E-state index in [2.05, 4.69) is 22.4 Å². The average molecular weight is 311 g/mol. The molecule has 3 nitrogen and oxygen atoms in total.